The lowest BCUT2D eigenvalue weighted by Gasteiger charge is -2.19. The van der Waals surface area contributed by atoms with Crippen LogP contribution in [0.4, 0.5) is 0 Å². The molecular weight excluding hydrogens is 198 g/mol. The van der Waals surface area contributed by atoms with Gasteiger partial charge in [-0.3, -0.25) is 0 Å². The molecule has 0 unspecified atom stereocenters. The Hall–Kier alpha value is -0.960. The molecule has 2 rings (SSSR count). The summed E-state index contributed by atoms with van der Waals surface area (Å²) in [6, 6.07) is 0. The lowest BCUT2D eigenvalue weighted by molar-refractivity contribution is 0.374. The Kier molecular flexibility index (Phi) is 3.24. The van der Waals surface area contributed by atoms with Gasteiger partial charge in [-0.15, -0.1) is 0 Å². The van der Waals surface area contributed by atoms with Crippen LogP contribution in [0.25, 0.3) is 0 Å². The van der Waals surface area contributed by atoms with Gasteiger partial charge < -0.3 is 5.32 Å². The number of hydrogen-bond donors (Lipinski definition) is 1. The van der Waals surface area contributed by atoms with Crippen molar-refractivity contribution < 1.29 is 0 Å². The maximum Gasteiger partial charge on any atom is 0.128 e. The summed E-state index contributed by atoms with van der Waals surface area (Å²) in [5.74, 6) is 1.01. The van der Waals surface area contributed by atoms with Gasteiger partial charge in [0.25, 0.3) is 0 Å². The minimum absolute atomic E-state index is 0.362. The summed E-state index contributed by atoms with van der Waals surface area (Å²) in [6.07, 6.45) is 5.17. The Morgan fingerprint density at radius 1 is 1.38 bits per heavy atom. The topological polar surface area (TPSA) is 37.8 Å². The third-order valence-corrected chi connectivity index (χ3v) is 2.96. The molecule has 1 aliphatic heterocycles. The van der Waals surface area contributed by atoms with Crippen molar-refractivity contribution in [1.29, 1.82) is 0 Å². The van der Waals surface area contributed by atoms with Gasteiger partial charge in [0.2, 0.25) is 0 Å². The molecule has 0 aliphatic carbocycles. The Labute approximate surface area is 97.7 Å². The Balaban J connectivity index is 2.06. The van der Waals surface area contributed by atoms with Crippen LogP contribution in [-0.2, 0) is 19.4 Å². The van der Waals surface area contributed by atoms with Gasteiger partial charge in [0.1, 0.15) is 5.82 Å². The molecule has 1 aromatic rings. The first-order chi connectivity index (χ1) is 7.54. The van der Waals surface area contributed by atoms with Gasteiger partial charge in [-0.1, -0.05) is 20.8 Å². The summed E-state index contributed by atoms with van der Waals surface area (Å²) in [5.41, 5.74) is 2.88. The molecule has 0 fully saturated rings. The van der Waals surface area contributed by atoms with Gasteiger partial charge in [0, 0.05) is 43.4 Å². The van der Waals surface area contributed by atoms with Crippen LogP contribution >= 0.6 is 0 Å². The molecule has 2 heterocycles. The molecule has 0 bridgehead atoms. The minimum atomic E-state index is 0.362. The SMILES string of the molecule is CC(C)(C)CCc1ncc2c(n1)CCNC2. The largest absolute Gasteiger partial charge is 0.312 e. The van der Waals surface area contributed by atoms with Crippen LogP contribution in [0.1, 0.15) is 44.3 Å². The summed E-state index contributed by atoms with van der Waals surface area (Å²) >= 11 is 0. The number of aryl methyl sites for hydroxylation is 1. The Morgan fingerprint density at radius 3 is 2.94 bits per heavy atom. The fourth-order valence-corrected chi connectivity index (χ4v) is 1.88. The number of fused-ring (bicyclic) bond motifs is 1. The molecule has 1 N–H and O–H groups in total. The Morgan fingerprint density at radius 2 is 2.19 bits per heavy atom. The number of aromatic nitrogens is 2. The highest BCUT2D eigenvalue weighted by atomic mass is 14.9. The van der Waals surface area contributed by atoms with Crippen molar-refractivity contribution in [2.45, 2.75) is 46.6 Å². The quantitative estimate of drug-likeness (QED) is 0.827. The molecule has 0 saturated carbocycles. The zero-order chi connectivity index (χ0) is 11.6. The summed E-state index contributed by atoms with van der Waals surface area (Å²) in [6.45, 7) is 8.75. The van der Waals surface area contributed by atoms with Crippen LogP contribution in [0.15, 0.2) is 6.20 Å². The lowest BCUT2D eigenvalue weighted by atomic mass is 9.90. The summed E-state index contributed by atoms with van der Waals surface area (Å²) in [7, 11) is 0. The molecule has 0 spiro atoms. The maximum atomic E-state index is 4.67. The predicted octanol–water partition coefficient (Wildman–Crippen LogP) is 2.10. The van der Waals surface area contributed by atoms with Crippen molar-refractivity contribution in [2.75, 3.05) is 6.54 Å². The maximum absolute atomic E-state index is 4.67. The molecule has 0 radical (unpaired) electrons. The van der Waals surface area contributed by atoms with Gasteiger partial charge in [-0.25, -0.2) is 9.97 Å². The highest BCUT2D eigenvalue weighted by molar-refractivity contribution is 5.20. The van der Waals surface area contributed by atoms with E-state index < -0.39 is 0 Å². The van der Waals surface area contributed by atoms with E-state index in [0.29, 0.717) is 5.41 Å². The summed E-state index contributed by atoms with van der Waals surface area (Å²) < 4.78 is 0. The van der Waals surface area contributed by atoms with Gasteiger partial charge in [-0.05, 0) is 11.8 Å². The second kappa shape index (κ2) is 4.50. The van der Waals surface area contributed by atoms with E-state index in [1.54, 1.807) is 0 Å². The summed E-state index contributed by atoms with van der Waals surface area (Å²) in [5, 5.41) is 3.34. The molecule has 3 nitrogen and oxygen atoms in total. The summed E-state index contributed by atoms with van der Waals surface area (Å²) in [4.78, 5) is 9.11. The van der Waals surface area contributed by atoms with Crippen molar-refractivity contribution in [3.8, 4) is 0 Å². The molecule has 1 aliphatic rings. The van der Waals surface area contributed by atoms with Crippen LogP contribution in [0.3, 0.4) is 0 Å². The average Bonchev–Trinajstić information content (AvgIpc) is 2.25. The second-order valence-electron chi connectivity index (χ2n) is 5.75. The lowest BCUT2D eigenvalue weighted by Crippen LogP contribution is -2.25. The number of nitrogens with one attached hydrogen (secondary N) is 1. The van der Waals surface area contributed by atoms with E-state index in [-0.39, 0.29) is 0 Å². The predicted molar refractivity (Wildman–Crippen MR) is 65.2 cm³/mol. The third-order valence-electron chi connectivity index (χ3n) is 2.96. The van der Waals surface area contributed by atoms with E-state index in [0.717, 1.165) is 38.2 Å². The van der Waals surface area contributed by atoms with E-state index in [2.05, 4.69) is 36.1 Å². The van der Waals surface area contributed by atoms with E-state index in [1.165, 1.54) is 11.3 Å². The van der Waals surface area contributed by atoms with Gasteiger partial charge in [-0.2, -0.15) is 0 Å². The first-order valence-corrected chi connectivity index (χ1v) is 6.09. The van der Waals surface area contributed by atoms with Crippen LogP contribution in [0, 0.1) is 5.41 Å². The van der Waals surface area contributed by atoms with Crippen LogP contribution in [0.5, 0.6) is 0 Å². The van der Waals surface area contributed by atoms with Crippen LogP contribution < -0.4 is 5.32 Å². The normalized spacial score (nSPS) is 15.9. The van der Waals surface area contributed by atoms with E-state index in [9.17, 15) is 0 Å². The van der Waals surface area contributed by atoms with E-state index in [1.807, 2.05) is 6.20 Å². The molecule has 0 amide bonds. The molecular formula is C13H21N3. The fourth-order valence-electron chi connectivity index (χ4n) is 1.88. The van der Waals surface area contributed by atoms with Crippen LogP contribution in [-0.4, -0.2) is 16.5 Å². The smallest absolute Gasteiger partial charge is 0.128 e. The zero-order valence-electron chi connectivity index (χ0n) is 10.5. The molecule has 16 heavy (non-hydrogen) atoms. The van der Waals surface area contributed by atoms with Crippen molar-refractivity contribution in [2.24, 2.45) is 5.41 Å². The molecule has 0 saturated heterocycles. The van der Waals surface area contributed by atoms with Crippen molar-refractivity contribution in [3.63, 3.8) is 0 Å². The van der Waals surface area contributed by atoms with Gasteiger partial charge in [0.05, 0.1) is 0 Å². The van der Waals surface area contributed by atoms with E-state index >= 15 is 0 Å². The monoisotopic (exact) mass is 219 g/mol. The average molecular weight is 219 g/mol. The molecule has 3 heteroatoms. The zero-order valence-corrected chi connectivity index (χ0v) is 10.5. The van der Waals surface area contributed by atoms with Crippen LogP contribution in [0.2, 0.25) is 0 Å². The van der Waals surface area contributed by atoms with E-state index in [4.69, 9.17) is 0 Å². The standard InChI is InChI=1S/C13H21N3/c1-13(2,3)6-4-12-15-9-10-8-14-7-5-11(10)16-12/h9,14H,4-8H2,1-3H3. The molecule has 88 valence electrons. The highest BCUT2D eigenvalue weighted by Gasteiger charge is 2.14. The Bertz CT molecular complexity index is 366. The van der Waals surface area contributed by atoms with Crippen molar-refractivity contribution >= 4 is 0 Å². The number of hydrogen-bond acceptors (Lipinski definition) is 3. The number of rotatable bonds is 2. The van der Waals surface area contributed by atoms with Crippen molar-refractivity contribution in [3.05, 3.63) is 23.3 Å². The first kappa shape index (κ1) is 11.5. The van der Waals surface area contributed by atoms with Gasteiger partial charge >= 0.3 is 0 Å². The minimum Gasteiger partial charge on any atom is -0.312 e. The number of nitrogens with zero attached hydrogens (tertiary/aromatic N) is 2. The van der Waals surface area contributed by atoms with Gasteiger partial charge in [0.15, 0.2) is 0 Å². The third kappa shape index (κ3) is 3.01. The molecule has 0 atom stereocenters. The first-order valence-electron chi connectivity index (χ1n) is 6.09. The fraction of sp³-hybridized carbons (Fsp3) is 0.692. The van der Waals surface area contributed by atoms with Crippen molar-refractivity contribution in [1.82, 2.24) is 15.3 Å². The highest BCUT2D eigenvalue weighted by Crippen LogP contribution is 2.20. The molecule has 0 aromatic carbocycles. The second-order valence-corrected chi connectivity index (χ2v) is 5.75. The molecule has 1 aromatic heterocycles.